The fourth-order valence-corrected chi connectivity index (χ4v) is 2.79. The topological polar surface area (TPSA) is 42.4 Å². The Balaban J connectivity index is 1.84. The number of aromatic nitrogens is 1. The van der Waals surface area contributed by atoms with E-state index < -0.39 is 0 Å². The minimum Gasteiger partial charge on any atom is -0.378 e. The highest BCUT2D eigenvalue weighted by Gasteiger charge is 2.27. The van der Waals surface area contributed by atoms with Gasteiger partial charge < -0.3 is 9.64 Å². The van der Waals surface area contributed by atoms with Crippen molar-refractivity contribution in [2.24, 2.45) is 0 Å². The molecule has 1 amide bonds. The lowest BCUT2D eigenvalue weighted by molar-refractivity contribution is -0.136. The molecule has 0 bridgehead atoms. The molecular formula is C18H20N2O2. The summed E-state index contributed by atoms with van der Waals surface area (Å²) in [5, 5.41) is 0. The van der Waals surface area contributed by atoms with Gasteiger partial charge in [-0.15, -0.1) is 0 Å². The number of carbonyl (C=O) groups is 1. The Morgan fingerprint density at radius 2 is 1.77 bits per heavy atom. The molecule has 0 spiro atoms. The van der Waals surface area contributed by atoms with Gasteiger partial charge in [-0.25, -0.2) is 0 Å². The number of amides is 1. The minimum atomic E-state index is -0.151. The maximum absolute atomic E-state index is 13.0. The number of ether oxygens (including phenoxy) is 1. The normalized spacial score (nSPS) is 16.3. The van der Waals surface area contributed by atoms with E-state index in [4.69, 9.17) is 4.74 Å². The molecule has 1 fully saturated rings. The molecule has 0 aliphatic carbocycles. The van der Waals surface area contributed by atoms with Crippen molar-refractivity contribution in [3.63, 3.8) is 0 Å². The van der Waals surface area contributed by atoms with E-state index in [0.29, 0.717) is 32.7 Å². The second kappa shape index (κ2) is 7.18. The zero-order chi connectivity index (χ0) is 15.2. The van der Waals surface area contributed by atoms with Gasteiger partial charge in [0.1, 0.15) is 0 Å². The van der Waals surface area contributed by atoms with Gasteiger partial charge >= 0.3 is 0 Å². The number of pyridine rings is 1. The van der Waals surface area contributed by atoms with Gasteiger partial charge in [0.2, 0.25) is 5.91 Å². The second-order valence-electron chi connectivity index (χ2n) is 5.46. The lowest BCUT2D eigenvalue weighted by Crippen LogP contribution is -2.43. The van der Waals surface area contributed by atoms with Crippen LogP contribution in [0.1, 0.15) is 17.0 Å². The summed E-state index contributed by atoms with van der Waals surface area (Å²) in [6.07, 6.45) is 4.25. The van der Waals surface area contributed by atoms with E-state index in [1.54, 1.807) is 12.4 Å². The zero-order valence-electron chi connectivity index (χ0n) is 12.5. The highest BCUT2D eigenvalue weighted by molar-refractivity contribution is 5.84. The molecule has 4 nitrogen and oxygen atoms in total. The monoisotopic (exact) mass is 296 g/mol. The molecule has 1 aliphatic rings. The molecule has 2 aromatic rings. The molecule has 114 valence electrons. The summed E-state index contributed by atoms with van der Waals surface area (Å²) < 4.78 is 5.35. The molecule has 0 N–H and O–H groups in total. The van der Waals surface area contributed by atoms with Gasteiger partial charge in [-0.2, -0.15) is 0 Å². The van der Waals surface area contributed by atoms with Crippen LogP contribution in [0, 0.1) is 0 Å². The third-order valence-corrected chi connectivity index (χ3v) is 4.01. The molecule has 4 heteroatoms. The maximum atomic E-state index is 13.0. The molecule has 1 unspecified atom stereocenters. The molecule has 2 heterocycles. The van der Waals surface area contributed by atoms with E-state index in [0.717, 1.165) is 11.1 Å². The highest BCUT2D eigenvalue weighted by Crippen LogP contribution is 2.23. The SMILES string of the molecule is O=C(C(Cc1ccncc1)c1ccccc1)N1CCOCC1. The summed E-state index contributed by atoms with van der Waals surface area (Å²) in [7, 11) is 0. The highest BCUT2D eigenvalue weighted by atomic mass is 16.5. The van der Waals surface area contributed by atoms with Crippen LogP contribution in [-0.4, -0.2) is 42.1 Å². The quantitative estimate of drug-likeness (QED) is 0.869. The first-order chi connectivity index (χ1) is 10.8. The van der Waals surface area contributed by atoms with Crippen molar-refractivity contribution < 1.29 is 9.53 Å². The number of hydrogen-bond acceptors (Lipinski definition) is 3. The summed E-state index contributed by atoms with van der Waals surface area (Å²) in [5.74, 6) is 0.0352. The summed E-state index contributed by atoms with van der Waals surface area (Å²) in [5.41, 5.74) is 2.20. The number of carbonyl (C=O) groups excluding carboxylic acids is 1. The largest absolute Gasteiger partial charge is 0.378 e. The van der Waals surface area contributed by atoms with E-state index in [1.165, 1.54) is 0 Å². The van der Waals surface area contributed by atoms with Crippen molar-refractivity contribution in [2.75, 3.05) is 26.3 Å². The number of benzene rings is 1. The predicted molar refractivity (Wildman–Crippen MR) is 84.5 cm³/mol. The van der Waals surface area contributed by atoms with Crippen LogP contribution in [0.3, 0.4) is 0 Å². The lowest BCUT2D eigenvalue weighted by atomic mass is 9.91. The molecule has 1 atom stereocenters. The molecule has 1 aliphatic heterocycles. The first-order valence-corrected chi connectivity index (χ1v) is 7.65. The molecule has 0 radical (unpaired) electrons. The maximum Gasteiger partial charge on any atom is 0.230 e. The van der Waals surface area contributed by atoms with E-state index in [-0.39, 0.29) is 11.8 Å². The Morgan fingerprint density at radius 1 is 1.09 bits per heavy atom. The van der Waals surface area contributed by atoms with E-state index in [9.17, 15) is 4.79 Å². The molecule has 1 saturated heterocycles. The van der Waals surface area contributed by atoms with Crippen LogP contribution < -0.4 is 0 Å². The lowest BCUT2D eigenvalue weighted by Gasteiger charge is -2.30. The summed E-state index contributed by atoms with van der Waals surface area (Å²) >= 11 is 0. The standard InChI is InChI=1S/C18H20N2O2/c21-18(20-10-12-22-13-11-20)17(16-4-2-1-3-5-16)14-15-6-8-19-9-7-15/h1-9,17H,10-14H2. The summed E-state index contributed by atoms with van der Waals surface area (Å²) in [4.78, 5) is 18.9. The third kappa shape index (κ3) is 3.52. The van der Waals surface area contributed by atoms with Crippen LogP contribution in [0.2, 0.25) is 0 Å². The first-order valence-electron chi connectivity index (χ1n) is 7.65. The van der Waals surface area contributed by atoms with E-state index in [1.807, 2.05) is 47.4 Å². The molecule has 0 saturated carbocycles. The van der Waals surface area contributed by atoms with Crippen molar-refractivity contribution in [1.82, 2.24) is 9.88 Å². The van der Waals surface area contributed by atoms with Crippen LogP contribution in [0.25, 0.3) is 0 Å². The molecule has 1 aromatic heterocycles. The van der Waals surface area contributed by atoms with E-state index in [2.05, 4.69) is 4.98 Å². The predicted octanol–water partition coefficient (Wildman–Crippen LogP) is 2.27. The van der Waals surface area contributed by atoms with Crippen molar-refractivity contribution in [1.29, 1.82) is 0 Å². The second-order valence-corrected chi connectivity index (χ2v) is 5.46. The van der Waals surface area contributed by atoms with Crippen molar-refractivity contribution >= 4 is 5.91 Å². The van der Waals surface area contributed by atoms with Crippen LogP contribution in [0.5, 0.6) is 0 Å². The number of morpholine rings is 1. The van der Waals surface area contributed by atoms with Crippen LogP contribution >= 0.6 is 0 Å². The summed E-state index contributed by atoms with van der Waals surface area (Å²) in [6, 6.07) is 14.0. The Kier molecular flexibility index (Phi) is 4.81. The summed E-state index contributed by atoms with van der Waals surface area (Å²) in [6.45, 7) is 2.61. The average Bonchev–Trinajstić information content (AvgIpc) is 2.61. The smallest absolute Gasteiger partial charge is 0.230 e. The number of hydrogen-bond donors (Lipinski definition) is 0. The Morgan fingerprint density at radius 3 is 2.45 bits per heavy atom. The zero-order valence-corrected chi connectivity index (χ0v) is 12.5. The van der Waals surface area contributed by atoms with Crippen LogP contribution in [-0.2, 0) is 16.0 Å². The number of nitrogens with zero attached hydrogens (tertiary/aromatic N) is 2. The molecule has 22 heavy (non-hydrogen) atoms. The van der Waals surface area contributed by atoms with Gasteiger partial charge in [-0.05, 0) is 29.7 Å². The van der Waals surface area contributed by atoms with Gasteiger partial charge in [0, 0.05) is 25.5 Å². The Labute approximate surface area is 130 Å². The van der Waals surface area contributed by atoms with Crippen LogP contribution in [0.15, 0.2) is 54.9 Å². The van der Waals surface area contributed by atoms with Crippen molar-refractivity contribution in [3.8, 4) is 0 Å². The Bertz CT molecular complexity index is 595. The minimum absolute atomic E-state index is 0.151. The van der Waals surface area contributed by atoms with Crippen molar-refractivity contribution in [2.45, 2.75) is 12.3 Å². The van der Waals surface area contributed by atoms with Crippen LogP contribution in [0.4, 0.5) is 0 Å². The molecule has 1 aromatic carbocycles. The van der Waals surface area contributed by atoms with E-state index >= 15 is 0 Å². The van der Waals surface area contributed by atoms with Gasteiger partial charge in [0.25, 0.3) is 0 Å². The van der Waals surface area contributed by atoms with Gasteiger partial charge in [-0.1, -0.05) is 30.3 Å². The van der Waals surface area contributed by atoms with Gasteiger partial charge in [0.05, 0.1) is 19.1 Å². The Hall–Kier alpha value is -2.20. The third-order valence-electron chi connectivity index (χ3n) is 4.01. The average molecular weight is 296 g/mol. The fraction of sp³-hybridized carbons (Fsp3) is 0.333. The number of rotatable bonds is 4. The van der Waals surface area contributed by atoms with Gasteiger partial charge in [-0.3, -0.25) is 9.78 Å². The first kappa shape index (κ1) is 14.7. The fourth-order valence-electron chi connectivity index (χ4n) is 2.79. The molecule has 3 rings (SSSR count). The molecular weight excluding hydrogens is 276 g/mol. The van der Waals surface area contributed by atoms with Crippen molar-refractivity contribution in [3.05, 3.63) is 66.0 Å². The van der Waals surface area contributed by atoms with Gasteiger partial charge in [0.15, 0.2) is 0 Å².